The molecule has 0 radical (unpaired) electrons. The molecule has 0 amide bonds. The highest BCUT2D eigenvalue weighted by atomic mass is 35.5. The fourth-order valence-corrected chi connectivity index (χ4v) is 2.19. The fraction of sp³-hybridized carbons (Fsp3) is 0.308. The Morgan fingerprint density at radius 3 is 2.79 bits per heavy atom. The van der Waals surface area contributed by atoms with Crippen LogP contribution in [0.25, 0.3) is 0 Å². The predicted molar refractivity (Wildman–Crippen MR) is 75.6 cm³/mol. The zero-order valence-corrected chi connectivity index (χ0v) is 11.7. The number of aromatic nitrogens is 3. The van der Waals surface area contributed by atoms with E-state index in [0.29, 0.717) is 27.8 Å². The van der Waals surface area contributed by atoms with Crippen LogP contribution in [0.5, 0.6) is 0 Å². The lowest BCUT2D eigenvalue weighted by Crippen LogP contribution is -2.23. The Bertz CT molecular complexity index is 653. The van der Waals surface area contributed by atoms with Crippen LogP contribution in [-0.4, -0.2) is 15.0 Å². The number of rotatable bonds is 3. The van der Waals surface area contributed by atoms with E-state index in [1.165, 1.54) is 0 Å². The first-order valence-corrected chi connectivity index (χ1v) is 6.30. The molecule has 2 aromatic heterocycles. The third-order valence-electron chi connectivity index (χ3n) is 2.84. The summed E-state index contributed by atoms with van der Waals surface area (Å²) >= 11 is 6.06. The van der Waals surface area contributed by atoms with Crippen molar-refractivity contribution in [1.82, 2.24) is 15.0 Å². The van der Waals surface area contributed by atoms with E-state index in [9.17, 15) is 4.79 Å². The second kappa shape index (κ2) is 5.40. The molecule has 2 aromatic rings. The van der Waals surface area contributed by atoms with E-state index in [4.69, 9.17) is 11.6 Å². The van der Waals surface area contributed by atoms with Crippen molar-refractivity contribution in [2.24, 2.45) is 0 Å². The first-order valence-electron chi connectivity index (χ1n) is 5.92. The zero-order valence-electron chi connectivity index (χ0n) is 11.0. The Labute approximate surface area is 116 Å². The molecule has 0 saturated heterocycles. The molecular formula is C13H15ClN4O. The lowest BCUT2D eigenvalue weighted by Gasteiger charge is -2.17. The van der Waals surface area contributed by atoms with Gasteiger partial charge >= 0.3 is 0 Å². The van der Waals surface area contributed by atoms with Gasteiger partial charge in [0.2, 0.25) is 0 Å². The van der Waals surface area contributed by atoms with Gasteiger partial charge in [-0.1, -0.05) is 11.6 Å². The summed E-state index contributed by atoms with van der Waals surface area (Å²) in [6.07, 6.45) is 3.24. The van der Waals surface area contributed by atoms with Gasteiger partial charge in [-0.05, 0) is 26.8 Å². The van der Waals surface area contributed by atoms with Crippen molar-refractivity contribution in [2.75, 3.05) is 5.32 Å². The van der Waals surface area contributed by atoms with Gasteiger partial charge in [0.1, 0.15) is 5.82 Å². The van der Waals surface area contributed by atoms with Gasteiger partial charge in [-0.15, -0.1) is 0 Å². The second-order valence-electron chi connectivity index (χ2n) is 4.37. The highest BCUT2D eigenvalue weighted by Gasteiger charge is 2.15. The van der Waals surface area contributed by atoms with Crippen LogP contribution >= 0.6 is 11.6 Å². The number of hydrogen-bond donors (Lipinski definition) is 2. The molecule has 19 heavy (non-hydrogen) atoms. The van der Waals surface area contributed by atoms with Gasteiger partial charge in [0, 0.05) is 6.20 Å². The number of halogens is 1. The molecule has 5 nitrogen and oxygen atoms in total. The fourth-order valence-electron chi connectivity index (χ4n) is 2.03. The summed E-state index contributed by atoms with van der Waals surface area (Å²) in [5.41, 5.74) is 1.87. The van der Waals surface area contributed by atoms with Crippen molar-refractivity contribution < 1.29 is 0 Å². The van der Waals surface area contributed by atoms with Crippen LogP contribution in [0.15, 0.2) is 23.3 Å². The van der Waals surface area contributed by atoms with E-state index in [0.717, 1.165) is 0 Å². The number of pyridine rings is 1. The first-order chi connectivity index (χ1) is 8.99. The van der Waals surface area contributed by atoms with Crippen LogP contribution in [0.1, 0.15) is 30.0 Å². The molecule has 0 fully saturated rings. The number of aryl methyl sites for hydroxylation is 2. The van der Waals surface area contributed by atoms with Crippen molar-refractivity contribution in [3.05, 3.63) is 50.9 Å². The molecule has 0 spiro atoms. The van der Waals surface area contributed by atoms with Gasteiger partial charge in [0.25, 0.3) is 5.56 Å². The number of nitrogens with zero attached hydrogens (tertiary/aromatic N) is 2. The zero-order chi connectivity index (χ0) is 14.0. The molecule has 1 unspecified atom stereocenters. The Hall–Kier alpha value is -1.88. The minimum absolute atomic E-state index is 0.134. The third-order valence-corrected chi connectivity index (χ3v) is 3.17. The van der Waals surface area contributed by atoms with Gasteiger partial charge in [-0.25, -0.2) is 4.98 Å². The highest BCUT2D eigenvalue weighted by Crippen LogP contribution is 2.24. The topological polar surface area (TPSA) is 70.7 Å². The molecule has 2 N–H and O–H groups in total. The SMILES string of the molecule is Cc1nc(C)c(C(C)Nc2cnccc2Cl)c(=O)[nH]1. The Kier molecular flexibility index (Phi) is 3.85. The molecule has 0 aliphatic rings. The maximum absolute atomic E-state index is 12.0. The van der Waals surface area contributed by atoms with Crippen molar-refractivity contribution in [1.29, 1.82) is 0 Å². The van der Waals surface area contributed by atoms with Crippen LogP contribution in [0.2, 0.25) is 5.02 Å². The van der Waals surface area contributed by atoms with Crippen molar-refractivity contribution in [3.63, 3.8) is 0 Å². The van der Waals surface area contributed by atoms with Gasteiger partial charge in [0.15, 0.2) is 0 Å². The Morgan fingerprint density at radius 1 is 1.42 bits per heavy atom. The van der Waals surface area contributed by atoms with Crippen molar-refractivity contribution >= 4 is 17.3 Å². The molecule has 0 saturated carbocycles. The van der Waals surface area contributed by atoms with Gasteiger partial charge in [0.05, 0.1) is 34.2 Å². The number of H-pyrrole nitrogens is 1. The molecule has 2 rings (SSSR count). The quantitative estimate of drug-likeness (QED) is 0.905. The first kappa shape index (κ1) is 13.5. The number of nitrogens with one attached hydrogen (secondary N) is 2. The van der Waals surface area contributed by atoms with Gasteiger partial charge in [-0.3, -0.25) is 9.78 Å². The Morgan fingerprint density at radius 2 is 2.16 bits per heavy atom. The van der Waals surface area contributed by atoms with Crippen molar-refractivity contribution in [3.8, 4) is 0 Å². The van der Waals surface area contributed by atoms with E-state index in [1.54, 1.807) is 25.4 Å². The summed E-state index contributed by atoms with van der Waals surface area (Å²) in [5.74, 6) is 0.609. The van der Waals surface area contributed by atoms with Crippen LogP contribution < -0.4 is 10.9 Å². The predicted octanol–water partition coefficient (Wildman–Crippen LogP) is 2.61. The molecule has 0 aliphatic heterocycles. The van der Waals surface area contributed by atoms with E-state index in [1.807, 2.05) is 13.8 Å². The molecule has 6 heteroatoms. The van der Waals surface area contributed by atoms with Crippen LogP contribution in [0, 0.1) is 13.8 Å². The minimum Gasteiger partial charge on any atom is -0.376 e. The lowest BCUT2D eigenvalue weighted by atomic mass is 10.1. The summed E-state index contributed by atoms with van der Waals surface area (Å²) in [7, 11) is 0. The second-order valence-corrected chi connectivity index (χ2v) is 4.78. The Balaban J connectivity index is 2.33. The number of aromatic amines is 1. The summed E-state index contributed by atoms with van der Waals surface area (Å²) in [5, 5.41) is 3.74. The average molecular weight is 279 g/mol. The molecule has 1 atom stereocenters. The molecule has 100 valence electrons. The van der Waals surface area contributed by atoms with E-state index < -0.39 is 0 Å². The highest BCUT2D eigenvalue weighted by molar-refractivity contribution is 6.33. The maximum atomic E-state index is 12.0. The molecule has 0 aromatic carbocycles. The summed E-state index contributed by atoms with van der Waals surface area (Å²) < 4.78 is 0. The summed E-state index contributed by atoms with van der Waals surface area (Å²) in [4.78, 5) is 23.0. The van der Waals surface area contributed by atoms with Gasteiger partial charge in [-0.2, -0.15) is 0 Å². The van der Waals surface area contributed by atoms with Gasteiger partial charge < -0.3 is 10.3 Å². The molecule has 0 bridgehead atoms. The molecule has 2 heterocycles. The monoisotopic (exact) mass is 278 g/mol. The standard InChI is InChI=1S/C13H15ClN4O/c1-7-12(13(19)18-9(3)16-7)8(2)17-11-6-15-5-4-10(11)14/h4-6,8,17H,1-3H3,(H,16,18,19). The van der Waals surface area contributed by atoms with E-state index in [2.05, 4.69) is 20.3 Å². The number of hydrogen-bond acceptors (Lipinski definition) is 4. The average Bonchev–Trinajstić information content (AvgIpc) is 2.30. The van der Waals surface area contributed by atoms with Crippen LogP contribution in [-0.2, 0) is 0 Å². The third kappa shape index (κ3) is 2.93. The minimum atomic E-state index is -0.210. The summed E-state index contributed by atoms with van der Waals surface area (Å²) in [6, 6.07) is 1.49. The van der Waals surface area contributed by atoms with E-state index in [-0.39, 0.29) is 11.6 Å². The molecular weight excluding hydrogens is 264 g/mol. The van der Waals surface area contributed by atoms with Crippen LogP contribution in [0.4, 0.5) is 5.69 Å². The van der Waals surface area contributed by atoms with Crippen molar-refractivity contribution in [2.45, 2.75) is 26.8 Å². The summed E-state index contributed by atoms with van der Waals surface area (Å²) in [6.45, 7) is 5.47. The van der Waals surface area contributed by atoms with E-state index >= 15 is 0 Å². The number of anilines is 1. The largest absolute Gasteiger partial charge is 0.376 e. The maximum Gasteiger partial charge on any atom is 0.256 e. The normalized spacial score (nSPS) is 12.2. The smallest absolute Gasteiger partial charge is 0.256 e. The van der Waals surface area contributed by atoms with Crippen LogP contribution in [0.3, 0.4) is 0 Å². The lowest BCUT2D eigenvalue weighted by molar-refractivity contribution is 0.813. The molecule has 0 aliphatic carbocycles.